The number of nitrogens with zero attached hydrogens (tertiary/aromatic N) is 7. The van der Waals surface area contributed by atoms with E-state index in [2.05, 4.69) is 65.8 Å². The molecule has 4 fully saturated rings. The number of pyridine rings is 1. The summed E-state index contributed by atoms with van der Waals surface area (Å²) in [5.74, 6) is 6.74. The third kappa shape index (κ3) is 6.53. The minimum atomic E-state index is -0.768. The van der Waals surface area contributed by atoms with Crippen molar-refractivity contribution < 1.29 is 19.1 Å². The Morgan fingerprint density at radius 2 is 1.73 bits per heavy atom. The van der Waals surface area contributed by atoms with Crippen LogP contribution in [0.4, 0.5) is 5.69 Å². The fourth-order valence-electron chi connectivity index (χ4n) is 9.75. The molecule has 284 valence electrons. The van der Waals surface area contributed by atoms with Crippen molar-refractivity contribution in [3.05, 3.63) is 80.5 Å². The van der Waals surface area contributed by atoms with Crippen LogP contribution in [0.15, 0.2) is 47.4 Å². The number of hydrogen-bond acceptors (Lipinski definition) is 10. The summed E-state index contributed by atoms with van der Waals surface area (Å²) >= 11 is 6.27. The maximum absolute atomic E-state index is 13.7. The molecule has 13 nitrogen and oxygen atoms in total. The van der Waals surface area contributed by atoms with Gasteiger partial charge in [-0.25, -0.2) is 9.67 Å². The van der Waals surface area contributed by atoms with E-state index < -0.39 is 11.9 Å². The summed E-state index contributed by atoms with van der Waals surface area (Å²) in [4.78, 5) is 61.7. The first kappa shape index (κ1) is 36.7. The lowest BCUT2D eigenvalue weighted by molar-refractivity contribution is -0.199. The van der Waals surface area contributed by atoms with Crippen molar-refractivity contribution in [3.63, 3.8) is 0 Å². The number of aromatic nitrogens is 3. The topological polar surface area (TPSA) is 154 Å². The molecule has 3 amide bonds. The average Bonchev–Trinajstić information content (AvgIpc) is 3.44. The Morgan fingerprint density at radius 1 is 0.982 bits per heavy atom. The minimum absolute atomic E-state index is 0.0252. The van der Waals surface area contributed by atoms with Crippen molar-refractivity contribution in [1.29, 1.82) is 5.26 Å². The number of hydrogen-bond donors (Lipinski definition) is 1. The van der Waals surface area contributed by atoms with Gasteiger partial charge in [0.15, 0.2) is 0 Å². The number of piperazine rings is 1. The minimum Gasteiger partial charge on any atom is -0.489 e. The molecule has 1 atom stereocenters. The number of fused-ring (bicyclic) bond motifs is 1. The number of carbonyl (C=O) groups excluding carboxylic acids is 3. The zero-order valence-electron chi connectivity index (χ0n) is 31.3. The van der Waals surface area contributed by atoms with Gasteiger partial charge >= 0.3 is 0 Å². The van der Waals surface area contributed by atoms with Gasteiger partial charge in [0.1, 0.15) is 29.7 Å². The van der Waals surface area contributed by atoms with Gasteiger partial charge < -0.3 is 14.5 Å². The molecule has 0 radical (unpaired) electrons. The summed E-state index contributed by atoms with van der Waals surface area (Å²) in [5, 5.41) is 16.2. The van der Waals surface area contributed by atoms with E-state index in [4.69, 9.17) is 21.3 Å². The molecule has 0 spiro atoms. The summed E-state index contributed by atoms with van der Waals surface area (Å²) < 4.78 is 7.62. The number of halogens is 1. The van der Waals surface area contributed by atoms with Gasteiger partial charge in [0.25, 0.3) is 17.4 Å². The number of ether oxygens (including phenoxy) is 1. The lowest BCUT2D eigenvalue weighted by Gasteiger charge is -2.65. The van der Waals surface area contributed by atoms with Crippen LogP contribution in [0.3, 0.4) is 0 Å². The van der Waals surface area contributed by atoms with Crippen molar-refractivity contribution in [2.75, 3.05) is 31.1 Å². The monoisotopic (exact) mass is 762 g/mol. The third-order valence-electron chi connectivity index (χ3n) is 12.2. The van der Waals surface area contributed by atoms with E-state index >= 15 is 0 Å². The molecule has 1 N–H and O–H groups in total. The molecule has 2 saturated heterocycles. The molecule has 5 heterocycles. The molecule has 1 aromatic carbocycles. The highest BCUT2D eigenvalue weighted by atomic mass is 35.5. The molecule has 2 saturated carbocycles. The Kier molecular flexibility index (Phi) is 9.22. The van der Waals surface area contributed by atoms with Crippen LogP contribution in [0.25, 0.3) is 0 Å². The highest BCUT2D eigenvalue weighted by Gasteiger charge is 2.67. The molecule has 55 heavy (non-hydrogen) atoms. The number of benzene rings is 1. The van der Waals surface area contributed by atoms with Crippen LogP contribution < -0.4 is 20.5 Å². The Labute approximate surface area is 324 Å². The van der Waals surface area contributed by atoms with Crippen LogP contribution in [-0.4, -0.2) is 86.7 Å². The van der Waals surface area contributed by atoms with Gasteiger partial charge in [0, 0.05) is 73.6 Å². The number of rotatable bonds is 6. The number of imide groups is 1. The number of carbonyl (C=O) groups is 3. The van der Waals surface area contributed by atoms with Crippen LogP contribution in [0.2, 0.25) is 5.02 Å². The zero-order chi connectivity index (χ0) is 38.8. The van der Waals surface area contributed by atoms with Gasteiger partial charge in [-0.05, 0) is 49.4 Å². The zero-order valence-corrected chi connectivity index (χ0v) is 32.1. The maximum atomic E-state index is 13.7. The first-order valence-corrected chi connectivity index (χ1v) is 19.2. The van der Waals surface area contributed by atoms with Gasteiger partial charge in [-0.1, -0.05) is 45.2 Å². The lowest BCUT2D eigenvalue weighted by Crippen LogP contribution is -2.74. The Bertz CT molecular complexity index is 2240. The molecular formula is C41H43ClN8O5. The maximum Gasteiger partial charge on any atom is 0.269 e. The number of nitriles is 1. The molecule has 2 aliphatic carbocycles. The first-order valence-electron chi connectivity index (χ1n) is 18.8. The van der Waals surface area contributed by atoms with Gasteiger partial charge in [0.2, 0.25) is 5.91 Å². The second-order valence-corrected chi connectivity index (χ2v) is 16.9. The summed E-state index contributed by atoms with van der Waals surface area (Å²) in [7, 11) is 0. The highest BCUT2D eigenvalue weighted by molar-refractivity contribution is 6.31. The van der Waals surface area contributed by atoms with Crippen LogP contribution >= 0.6 is 11.6 Å². The first-order chi connectivity index (χ1) is 26.2. The van der Waals surface area contributed by atoms with E-state index in [1.54, 1.807) is 24.4 Å². The Balaban J connectivity index is 0.837. The fourth-order valence-corrected chi connectivity index (χ4v) is 9.96. The van der Waals surface area contributed by atoms with Crippen molar-refractivity contribution >= 4 is 35.0 Å². The molecule has 5 aliphatic rings. The van der Waals surface area contributed by atoms with Gasteiger partial charge in [-0.2, -0.15) is 10.4 Å². The molecule has 2 aromatic heterocycles. The van der Waals surface area contributed by atoms with Crippen LogP contribution in [0.5, 0.6) is 5.75 Å². The second kappa shape index (κ2) is 13.8. The number of nitrogens with one attached hydrogen (secondary N) is 1. The summed E-state index contributed by atoms with van der Waals surface area (Å²) in [6.07, 6.45) is 3.86. The van der Waals surface area contributed by atoms with E-state index in [0.717, 1.165) is 50.4 Å². The summed E-state index contributed by atoms with van der Waals surface area (Å²) in [6.45, 7) is 12.2. The normalized spacial score (nSPS) is 26.8. The van der Waals surface area contributed by atoms with Gasteiger partial charge in [-0.3, -0.25) is 29.4 Å². The van der Waals surface area contributed by atoms with Crippen LogP contribution in [0, 0.1) is 39.9 Å². The van der Waals surface area contributed by atoms with E-state index in [1.165, 1.54) is 10.7 Å². The quantitative estimate of drug-likeness (QED) is 0.289. The molecular weight excluding hydrogens is 720 g/mol. The van der Waals surface area contributed by atoms with Crippen molar-refractivity contribution in [2.24, 2.45) is 16.7 Å². The van der Waals surface area contributed by atoms with Crippen LogP contribution in [-0.2, 0) is 16.1 Å². The van der Waals surface area contributed by atoms with E-state index in [0.29, 0.717) is 40.2 Å². The predicted octanol–water partition coefficient (Wildman–Crippen LogP) is 3.93. The van der Waals surface area contributed by atoms with Gasteiger partial charge in [-0.15, -0.1) is 0 Å². The standard InChI is InChI=1S/C41H43ClN8O5/c1-40(2)38(41(3,4)39(40)55-29-9-6-25(21-43)31(42)20-29)49-23-32-30(37(49)54)10-8-26(45-32)7-5-24-17-27(18-24)47-13-15-48(16-14-47)28-19-35(52)50(44-22-28)33-11-12-34(51)46-36(33)53/h6,8-10,19-20,22,24,27,33,38-39H,11-18,23H2,1-4H3,(H,46,51,53)/t24-,27-,33?,38-,39-. The molecule has 1 unspecified atom stereocenters. The third-order valence-corrected chi connectivity index (χ3v) is 12.5. The Hall–Kier alpha value is -5.24. The van der Waals surface area contributed by atoms with E-state index in [9.17, 15) is 24.4 Å². The van der Waals surface area contributed by atoms with Crippen molar-refractivity contribution in [2.45, 2.75) is 84.2 Å². The predicted molar refractivity (Wildman–Crippen MR) is 203 cm³/mol. The summed E-state index contributed by atoms with van der Waals surface area (Å²) in [5.41, 5.74) is 2.10. The largest absolute Gasteiger partial charge is 0.489 e. The van der Waals surface area contributed by atoms with Gasteiger partial charge in [0.05, 0.1) is 40.3 Å². The molecule has 14 heteroatoms. The fraction of sp³-hybridized carbons (Fsp3) is 0.488. The number of anilines is 1. The second-order valence-electron chi connectivity index (χ2n) is 16.5. The average molecular weight is 763 g/mol. The van der Waals surface area contributed by atoms with E-state index in [-0.39, 0.29) is 59.1 Å². The molecule has 8 rings (SSSR count). The number of piperidine rings is 1. The van der Waals surface area contributed by atoms with Crippen molar-refractivity contribution in [3.8, 4) is 23.7 Å². The smallest absolute Gasteiger partial charge is 0.269 e. The Morgan fingerprint density at radius 3 is 2.40 bits per heavy atom. The molecule has 0 bridgehead atoms. The summed E-state index contributed by atoms with van der Waals surface area (Å²) in [6, 6.07) is 12.0. The lowest BCUT2D eigenvalue weighted by atomic mass is 9.49. The molecule has 3 aromatic rings. The highest BCUT2D eigenvalue weighted by Crippen LogP contribution is 2.59. The van der Waals surface area contributed by atoms with E-state index in [1.807, 2.05) is 17.0 Å². The van der Waals surface area contributed by atoms with Crippen molar-refractivity contribution in [1.82, 2.24) is 29.9 Å². The molecule has 3 aliphatic heterocycles. The van der Waals surface area contributed by atoms with Crippen LogP contribution in [0.1, 0.15) is 86.7 Å². The number of amides is 3. The SMILES string of the molecule is CC1(C)[C@H](Oc2ccc(C#N)c(Cl)c2)C(C)(C)[C@H]1N1Cc2nc(C#C[C@H]3C[C@H](N4CCN(c5cnn(C6CCC(=O)NC6=O)c(=O)c5)CC4)C3)ccc2C1=O.